The minimum Gasteiger partial charge on any atom is -0.390 e. The molecule has 0 aliphatic carbocycles. The van der Waals surface area contributed by atoms with E-state index in [0.717, 1.165) is 29.1 Å². The summed E-state index contributed by atoms with van der Waals surface area (Å²) >= 11 is 0. The van der Waals surface area contributed by atoms with Crippen molar-refractivity contribution < 1.29 is 9.63 Å². The van der Waals surface area contributed by atoms with E-state index in [1.165, 1.54) is 0 Å². The van der Waals surface area contributed by atoms with Gasteiger partial charge in [0, 0.05) is 5.56 Å². The van der Waals surface area contributed by atoms with Gasteiger partial charge in [0.25, 0.3) is 0 Å². The summed E-state index contributed by atoms with van der Waals surface area (Å²) in [5.41, 5.74) is 3.53. The molecule has 0 unspecified atom stereocenters. The highest BCUT2D eigenvalue weighted by atomic mass is 16.5. The third-order valence-electron chi connectivity index (χ3n) is 3.16. The molecule has 0 aliphatic rings. The van der Waals surface area contributed by atoms with E-state index in [-0.39, 0.29) is 6.61 Å². The molecule has 0 radical (unpaired) electrons. The van der Waals surface area contributed by atoms with Crippen LogP contribution < -0.4 is 0 Å². The summed E-state index contributed by atoms with van der Waals surface area (Å²) in [6.07, 6.45) is 0.840. The van der Waals surface area contributed by atoms with E-state index in [0.29, 0.717) is 18.2 Å². The summed E-state index contributed by atoms with van der Waals surface area (Å²) in [6, 6.07) is 0. The third kappa shape index (κ3) is 2.84. The van der Waals surface area contributed by atoms with Gasteiger partial charge in [-0.1, -0.05) is 24.2 Å². The van der Waals surface area contributed by atoms with Crippen LogP contribution >= 0.6 is 0 Å². The average Bonchev–Trinajstić information content (AvgIpc) is 2.87. The van der Waals surface area contributed by atoms with Gasteiger partial charge in [0.1, 0.15) is 11.5 Å². The molecule has 2 heterocycles. The second-order valence-corrected chi connectivity index (χ2v) is 5.20. The van der Waals surface area contributed by atoms with E-state index >= 15 is 0 Å². The molecule has 104 valence electrons. The van der Waals surface area contributed by atoms with Gasteiger partial charge in [0.2, 0.25) is 0 Å². The highest BCUT2D eigenvalue weighted by Gasteiger charge is 2.17. The molecule has 0 saturated heterocycles. The fourth-order valence-electron chi connectivity index (χ4n) is 2.11. The SMILES string of the molecule is Cc1noc(C)c1Cn1nnc(CO)c1CC(C)C. The Balaban J connectivity index is 2.32. The Morgan fingerprint density at radius 1 is 1.32 bits per heavy atom. The first-order chi connectivity index (χ1) is 9.02. The second kappa shape index (κ2) is 5.52. The van der Waals surface area contributed by atoms with Crippen LogP contribution in [0.2, 0.25) is 0 Å². The Morgan fingerprint density at radius 3 is 2.58 bits per heavy atom. The predicted molar refractivity (Wildman–Crippen MR) is 69.6 cm³/mol. The Labute approximate surface area is 112 Å². The van der Waals surface area contributed by atoms with E-state index in [1.807, 2.05) is 18.5 Å². The molecule has 0 bridgehead atoms. The van der Waals surface area contributed by atoms with Gasteiger partial charge in [0.05, 0.1) is 24.5 Å². The van der Waals surface area contributed by atoms with Gasteiger partial charge in [-0.15, -0.1) is 5.10 Å². The molecule has 0 aromatic carbocycles. The van der Waals surface area contributed by atoms with Crippen molar-refractivity contribution in [3.8, 4) is 0 Å². The monoisotopic (exact) mass is 264 g/mol. The van der Waals surface area contributed by atoms with E-state index in [9.17, 15) is 5.11 Å². The van der Waals surface area contributed by atoms with Crippen LogP contribution in [0.4, 0.5) is 0 Å². The number of hydrogen-bond donors (Lipinski definition) is 1. The molecule has 0 atom stereocenters. The third-order valence-corrected chi connectivity index (χ3v) is 3.16. The average molecular weight is 264 g/mol. The summed E-state index contributed by atoms with van der Waals surface area (Å²) in [6.45, 7) is 8.57. The Bertz CT molecular complexity index is 537. The highest BCUT2D eigenvalue weighted by Crippen LogP contribution is 2.17. The molecule has 2 aromatic heterocycles. The fourth-order valence-corrected chi connectivity index (χ4v) is 2.11. The lowest BCUT2D eigenvalue weighted by Crippen LogP contribution is -2.11. The molecule has 0 amide bonds. The van der Waals surface area contributed by atoms with Crippen molar-refractivity contribution in [1.29, 1.82) is 0 Å². The molecule has 0 saturated carbocycles. The number of aliphatic hydroxyl groups excluding tert-OH is 1. The first-order valence-corrected chi connectivity index (χ1v) is 6.46. The van der Waals surface area contributed by atoms with Crippen molar-refractivity contribution in [3.05, 3.63) is 28.4 Å². The summed E-state index contributed by atoms with van der Waals surface area (Å²) in [5, 5.41) is 21.5. The van der Waals surface area contributed by atoms with Crippen molar-refractivity contribution in [1.82, 2.24) is 20.2 Å². The number of nitrogens with zero attached hydrogens (tertiary/aromatic N) is 4. The zero-order valence-electron chi connectivity index (χ0n) is 11.8. The summed E-state index contributed by atoms with van der Waals surface area (Å²) in [5.74, 6) is 1.28. The fraction of sp³-hybridized carbons (Fsp3) is 0.615. The van der Waals surface area contributed by atoms with Crippen molar-refractivity contribution in [2.24, 2.45) is 5.92 Å². The maximum Gasteiger partial charge on any atom is 0.138 e. The molecule has 0 fully saturated rings. The van der Waals surface area contributed by atoms with Gasteiger partial charge in [-0.2, -0.15) is 0 Å². The van der Waals surface area contributed by atoms with Gasteiger partial charge in [-0.3, -0.25) is 0 Å². The molecule has 1 N–H and O–H groups in total. The number of hydrogen-bond acceptors (Lipinski definition) is 5. The number of aliphatic hydroxyl groups is 1. The lowest BCUT2D eigenvalue weighted by Gasteiger charge is -2.09. The van der Waals surface area contributed by atoms with Crippen molar-refractivity contribution >= 4 is 0 Å². The normalized spacial score (nSPS) is 11.5. The van der Waals surface area contributed by atoms with E-state index < -0.39 is 0 Å². The lowest BCUT2D eigenvalue weighted by molar-refractivity contribution is 0.275. The Morgan fingerprint density at radius 2 is 2.05 bits per heavy atom. The Hall–Kier alpha value is -1.69. The molecular formula is C13H20N4O2. The molecule has 19 heavy (non-hydrogen) atoms. The zero-order valence-corrected chi connectivity index (χ0v) is 11.8. The lowest BCUT2D eigenvalue weighted by atomic mass is 10.1. The summed E-state index contributed by atoms with van der Waals surface area (Å²) in [4.78, 5) is 0. The molecule has 0 spiro atoms. The van der Waals surface area contributed by atoms with Crippen LogP contribution in [-0.2, 0) is 19.6 Å². The van der Waals surface area contributed by atoms with Crippen molar-refractivity contribution in [2.45, 2.75) is 47.3 Å². The molecule has 2 aromatic rings. The maximum atomic E-state index is 9.33. The largest absolute Gasteiger partial charge is 0.390 e. The minimum absolute atomic E-state index is 0.0797. The molecule has 2 rings (SSSR count). The molecule has 0 aliphatic heterocycles. The zero-order chi connectivity index (χ0) is 14.0. The van der Waals surface area contributed by atoms with E-state index in [2.05, 4.69) is 29.3 Å². The van der Waals surface area contributed by atoms with Crippen LogP contribution in [0.5, 0.6) is 0 Å². The standard InChI is InChI=1S/C13H20N4O2/c1-8(2)5-13-12(7-18)14-16-17(13)6-11-9(3)15-19-10(11)4/h8,18H,5-7H2,1-4H3. The van der Waals surface area contributed by atoms with Crippen LogP contribution in [0.15, 0.2) is 4.52 Å². The summed E-state index contributed by atoms with van der Waals surface area (Å²) in [7, 11) is 0. The van der Waals surface area contributed by atoms with Crippen LogP contribution in [-0.4, -0.2) is 25.3 Å². The smallest absolute Gasteiger partial charge is 0.138 e. The van der Waals surface area contributed by atoms with Crippen LogP contribution in [0.25, 0.3) is 0 Å². The minimum atomic E-state index is -0.0797. The van der Waals surface area contributed by atoms with Gasteiger partial charge < -0.3 is 9.63 Å². The highest BCUT2D eigenvalue weighted by molar-refractivity contribution is 5.22. The first-order valence-electron chi connectivity index (χ1n) is 6.46. The van der Waals surface area contributed by atoms with Crippen LogP contribution in [0.3, 0.4) is 0 Å². The molecular weight excluding hydrogens is 244 g/mol. The van der Waals surface area contributed by atoms with Crippen molar-refractivity contribution in [2.75, 3.05) is 0 Å². The first kappa shape index (κ1) is 13.7. The number of aryl methyl sites for hydroxylation is 2. The van der Waals surface area contributed by atoms with Gasteiger partial charge in [0.15, 0.2) is 0 Å². The molecule has 6 nitrogen and oxygen atoms in total. The van der Waals surface area contributed by atoms with Gasteiger partial charge in [-0.05, 0) is 26.2 Å². The van der Waals surface area contributed by atoms with E-state index in [1.54, 1.807) is 0 Å². The topological polar surface area (TPSA) is 77.0 Å². The number of aromatic nitrogens is 4. The molecule has 6 heteroatoms. The Kier molecular flexibility index (Phi) is 3.99. The second-order valence-electron chi connectivity index (χ2n) is 5.20. The number of rotatable bonds is 5. The van der Waals surface area contributed by atoms with Gasteiger partial charge in [-0.25, -0.2) is 4.68 Å². The van der Waals surface area contributed by atoms with Crippen LogP contribution in [0, 0.1) is 19.8 Å². The summed E-state index contributed by atoms with van der Waals surface area (Å²) < 4.78 is 6.99. The quantitative estimate of drug-likeness (QED) is 0.888. The predicted octanol–water partition coefficient (Wildman–Crippen LogP) is 1.62. The van der Waals surface area contributed by atoms with Crippen molar-refractivity contribution in [3.63, 3.8) is 0 Å². The maximum absolute atomic E-state index is 9.33. The van der Waals surface area contributed by atoms with Gasteiger partial charge >= 0.3 is 0 Å². The van der Waals surface area contributed by atoms with E-state index in [4.69, 9.17) is 4.52 Å². The van der Waals surface area contributed by atoms with Crippen LogP contribution in [0.1, 0.15) is 42.3 Å².